The molecule has 1 spiro atoms. The summed E-state index contributed by atoms with van der Waals surface area (Å²) in [6, 6.07) is 8.16. The van der Waals surface area contributed by atoms with Crippen LogP contribution in [0.2, 0.25) is 0 Å². The van der Waals surface area contributed by atoms with E-state index in [0.717, 1.165) is 23.3 Å². The molecule has 1 heterocycles. The van der Waals surface area contributed by atoms with Crippen LogP contribution in [-0.4, -0.2) is 41.5 Å². The lowest BCUT2D eigenvalue weighted by Crippen LogP contribution is -2.51. The van der Waals surface area contributed by atoms with Crippen LogP contribution in [0, 0.1) is 6.92 Å². The molecule has 1 aromatic rings. The first-order valence-corrected chi connectivity index (χ1v) is 8.78. The molecule has 0 bridgehead atoms. The highest BCUT2D eigenvalue weighted by Gasteiger charge is 2.47. The summed E-state index contributed by atoms with van der Waals surface area (Å²) in [7, 11) is 0.890. The van der Waals surface area contributed by atoms with Crippen LogP contribution in [0.5, 0.6) is 0 Å². The minimum absolute atomic E-state index is 0.0166. The van der Waals surface area contributed by atoms with E-state index in [-0.39, 0.29) is 11.3 Å². The third kappa shape index (κ3) is 2.93. The molecule has 3 unspecified atom stereocenters. The fourth-order valence-corrected chi connectivity index (χ4v) is 5.27. The van der Waals surface area contributed by atoms with E-state index in [2.05, 4.69) is 5.32 Å². The monoisotopic (exact) mass is 309 g/mol. The van der Waals surface area contributed by atoms with Gasteiger partial charge in [-0.05, 0) is 32.0 Å². The molecule has 1 saturated carbocycles. The Morgan fingerprint density at radius 3 is 2.67 bits per heavy atom. The van der Waals surface area contributed by atoms with Gasteiger partial charge < -0.3 is 14.8 Å². The van der Waals surface area contributed by atoms with Crippen molar-refractivity contribution in [3.8, 4) is 0 Å². The molecule has 1 saturated heterocycles. The highest BCUT2D eigenvalue weighted by molar-refractivity contribution is 7.85. The molecule has 21 heavy (non-hydrogen) atoms. The van der Waals surface area contributed by atoms with Gasteiger partial charge in [0.15, 0.2) is 5.79 Å². The summed E-state index contributed by atoms with van der Waals surface area (Å²) in [5.41, 5.74) is 1.08. The quantitative estimate of drug-likeness (QED) is 0.927. The summed E-state index contributed by atoms with van der Waals surface area (Å²) in [6.07, 6.45) is 2.50. The van der Waals surface area contributed by atoms with E-state index in [0.29, 0.717) is 19.6 Å². The second-order valence-corrected chi connectivity index (χ2v) is 7.49. The van der Waals surface area contributed by atoms with Gasteiger partial charge in [-0.1, -0.05) is 18.2 Å². The first kappa shape index (κ1) is 15.2. The first-order valence-electron chi connectivity index (χ1n) is 7.57. The predicted octanol–water partition coefficient (Wildman–Crippen LogP) is 1.99. The topological polar surface area (TPSA) is 47.6 Å². The van der Waals surface area contributed by atoms with Gasteiger partial charge in [0.2, 0.25) is 0 Å². The number of hydrogen-bond acceptors (Lipinski definition) is 4. The zero-order valence-corrected chi connectivity index (χ0v) is 13.4. The van der Waals surface area contributed by atoms with Gasteiger partial charge in [0, 0.05) is 23.8 Å². The van der Waals surface area contributed by atoms with E-state index in [9.17, 15) is 4.21 Å². The predicted molar refractivity (Wildman–Crippen MR) is 82.7 cm³/mol. The molecular weight excluding hydrogens is 286 g/mol. The Labute approximate surface area is 128 Å². The van der Waals surface area contributed by atoms with Crippen LogP contribution in [0.25, 0.3) is 0 Å². The van der Waals surface area contributed by atoms with Crippen molar-refractivity contribution in [1.29, 1.82) is 0 Å². The smallest absolute Gasteiger partial charge is 0.169 e. The van der Waals surface area contributed by atoms with Crippen LogP contribution in [0.3, 0.4) is 0 Å². The molecule has 3 atom stereocenters. The number of hydrogen-bond donors (Lipinski definition) is 1. The summed E-state index contributed by atoms with van der Waals surface area (Å²) >= 11 is 0. The van der Waals surface area contributed by atoms with E-state index < -0.39 is 16.6 Å². The largest absolute Gasteiger partial charge is 0.347 e. The molecule has 1 aliphatic heterocycles. The van der Waals surface area contributed by atoms with Crippen LogP contribution in [0.15, 0.2) is 29.2 Å². The molecular formula is C16H23NO3S. The third-order valence-corrected chi connectivity index (χ3v) is 6.50. The highest BCUT2D eigenvalue weighted by atomic mass is 32.2. The molecule has 0 amide bonds. The lowest BCUT2D eigenvalue weighted by atomic mass is 9.89. The Bertz CT molecular complexity index is 528. The van der Waals surface area contributed by atoms with Crippen LogP contribution < -0.4 is 5.32 Å². The molecule has 5 heteroatoms. The lowest BCUT2D eigenvalue weighted by molar-refractivity contribution is -0.178. The van der Waals surface area contributed by atoms with Gasteiger partial charge in [0.1, 0.15) is 0 Å². The van der Waals surface area contributed by atoms with Gasteiger partial charge in [-0.3, -0.25) is 4.21 Å². The summed E-state index contributed by atoms with van der Waals surface area (Å²) < 4.78 is 24.8. The molecule has 116 valence electrons. The van der Waals surface area contributed by atoms with Gasteiger partial charge >= 0.3 is 0 Å². The van der Waals surface area contributed by atoms with Crippen molar-refractivity contribution >= 4 is 10.8 Å². The third-order valence-electron chi connectivity index (χ3n) is 4.57. The summed E-state index contributed by atoms with van der Waals surface area (Å²) in [5, 5.41) is 3.34. The zero-order chi connectivity index (χ0) is 14.9. The first-order chi connectivity index (χ1) is 10.2. The van der Waals surface area contributed by atoms with E-state index in [1.165, 1.54) is 0 Å². The van der Waals surface area contributed by atoms with Gasteiger partial charge in [-0.2, -0.15) is 0 Å². The fraction of sp³-hybridized carbons (Fsp3) is 0.625. The Hall–Kier alpha value is -0.750. The molecule has 2 fully saturated rings. The van der Waals surface area contributed by atoms with Crippen molar-refractivity contribution in [2.45, 2.75) is 48.2 Å². The molecule has 1 aliphatic carbocycles. The maximum absolute atomic E-state index is 13.1. The fourth-order valence-electron chi connectivity index (χ4n) is 3.37. The van der Waals surface area contributed by atoms with Gasteiger partial charge in [0.25, 0.3) is 0 Å². The van der Waals surface area contributed by atoms with Gasteiger partial charge in [-0.25, -0.2) is 0 Å². The summed E-state index contributed by atoms with van der Waals surface area (Å²) in [6.45, 7) is 3.31. The number of nitrogens with one attached hydrogen (secondary N) is 1. The molecule has 2 aliphatic rings. The van der Waals surface area contributed by atoms with Gasteiger partial charge in [0.05, 0.1) is 29.3 Å². The van der Waals surface area contributed by atoms with Crippen LogP contribution >= 0.6 is 0 Å². The number of aryl methyl sites for hydroxylation is 1. The standard InChI is InChI=1S/C16H23NO3S/c1-12-5-3-4-6-14(12)21(18)15-11-16(19-9-10-20-16)8-7-13(15)17-2/h3-6,13,15,17H,7-11H2,1-2H3. The average molecular weight is 309 g/mol. The molecule has 0 aromatic heterocycles. The Kier molecular flexibility index (Phi) is 4.45. The number of rotatable bonds is 3. The lowest BCUT2D eigenvalue weighted by Gasteiger charge is -2.40. The van der Waals surface area contributed by atoms with E-state index in [1.54, 1.807) is 0 Å². The van der Waals surface area contributed by atoms with Crippen molar-refractivity contribution < 1.29 is 13.7 Å². The van der Waals surface area contributed by atoms with E-state index >= 15 is 0 Å². The molecule has 3 rings (SSSR count). The van der Waals surface area contributed by atoms with E-state index in [4.69, 9.17) is 9.47 Å². The molecule has 4 nitrogen and oxygen atoms in total. The summed E-state index contributed by atoms with van der Waals surface area (Å²) in [4.78, 5) is 0.929. The second kappa shape index (κ2) is 6.16. The van der Waals surface area contributed by atoms with Crippen LogP contribution in [-0.2, 0) is 20.3 Å². The van der Waals surface area contributed by atoms with Crippen LogP contribution in [0.4, 0.5) is 0 Å². The molecule has 0 radical (unpaired) electrons. The van der Waals surface area contributed by atoms with Crippen molar-refractivity contribution in [3.63, 3.8) is 0 Å². The van der Waals surface area contributed by atoms with Gasteiger partial charge in [-0.15, -0.1) is 0 Å². The van der Waals surface area contributed by atoms with Crippen molar-refractivity contribution in [2.75, 3.05) is 20.3 Å². The van der Waals surface area contributed by atoms with Crippen LogP contribution in [0.1, 0.15) is 24.8 Å². The van der Waals surface area contributed by atoms with Crippen molar-refractivity contribution in [3.05, 3.63) is 29.8 Å². The zero-order valence-electron chi connectivity index (χ0n) is 12.6. The average Bonchev–Trinajstić information content (AvgIpc) is 2.95. The van der Waals surface area contributed by atoms with E-state index in [1.807, 2.05) is 38.2 Å². The second-order valence-electron chi connectivity index (χ2n) is 5.85. The SMILES string of the molecule is CNC1CCC2(CC1S(=O)c1ccccc1C)OCCO2. The Morgan fingerprint density at radius 1 is 1.29 bits per heavy atom. The van der Waals surface area contributed by atoms with Crippen molar-refractivity contribution in [2.24, 2.45) is 0 Å². The Balaban J connectivity index is 1.86. The minimum Gasteiger partial charge on any atom is -0.347 e. The maximum Gasteiger partial charge on any atom is 0.169 e. The van der Waals surface area contributed by atoms with Crippen molar-refractivity contribution in [1.82, 2.24) is 5.32 Å². The Morgan fingerprint density at radius 2 is 2.00 bits per heavy atom. The maximum atomic E-state index is 13.1. The number of ether oxygens (including phenoxy) is 2. The minimum atomic E-state index is -1.06. The summed E-state index contributed by atoms with van der Waals surface area (Å²) in [5.74, 6) is -0.504. The number of benzene rings is 1. The normalized spacial score (nSPS) is 29.6. The molecule has 1 aromatic carbocycles. The molecule has 1 N–H and O–H groups in total. The highest BCUT2D eigenvalue weighted by Crippen LogP contribution is 2.39.